The number of benzene rings is 1. The van der Waals surface area contributed by atoms with Gasteiger partial charge in [0.2, 0.25) is 10.9 Å². The fourth-order valence-corrected chi connectivity index (χ4v) is 4.53. The van der Waals surface area contributed by atoms with Crippen LogP contribution in [0.25, 0.3) is 0 Å². The summed E-state index contributed by atoms with van der Waals surface area (Å²) in [6.07, 6.45) is 0. The molecule has 8 nitrogen and oxygen atoms in total. The maximum Gasteiger partial charge on any atom is 0.374 e. The first kappa shape index (κ1) is 21.0. The van der Waals surface area contributed by atoms with Gasteiger partial charge in [0, 0.05) is 26.2 Å². The molecular formula is C19H21FN2O6S. The summed E-state index contributed by atoms with van der Waals surface area (Å²) in [4.78, 5) is 25.3. The zero-order valence-electron chi connectivity index (χ0n) is 16.1. The number of Topliss-reactive ketones (excluding diaryl/α,β-unsaturated/α-hetero) is 1. The van der Waals surface area contributed by atoms with Gasteiger partial charge in [-0.15, -0.1) is 0 Å². The topological polar surface area (TPSA) is 97.1 Å². The molecule has 0 saturated carbocycles. The van der Waals surface area contributed by atoms with Gasteiger partial charge in [0.1, 0.15) is 5.82 Å². The van der Waals surface area contributed by atoms with E-state index in [0.29, 0.717) is 5.69 Å². The number of ketones is 1. The van der Waals surface area contributed by atoms with Crippen LogP contribution in [-0.4, -0.2) is 57.3 Å². The third-order valence-electron chi connectivity index (χ3n) is 4.58. The third-order valence-corrected chi connectivity index (χ3v) is 6.35. The highest BCUT2D eigenvalue weighted by Crippen LogP contribution is 2.27. The standard InChI is InChI=1S/C19H21FN2O6S/c1-3-27-19(24)16-7-8-17(28-16)29(25,26)22-11-9-21(10-12-22)15-6-4-5-14(20)18(15)13(2)23/h4-8H,3,9-12H2,1-2H3. The summed E-state index contributed by atoms with van der Waals surface area (Å²) in [6.45, 7) is 3.85. The van der Waals surface area contributed by atoms with Crippen LogP contribution in [-0.2, 0) is 14.8 Å². The molecule has 0 N–H and O–H groups in total. The van der Waals surface area contributed by atoms with Crippen LogP contribution >= 0.6 is 0 Å². The van der Waals surface area contributed by atoms with Gasteiger partial charge in [0.05, 0.1) is 17.9 Å². The predicted molar refractivity (Wildman–Crippen MR) is 102 cm³/mol. The number of hydrogen-bond donors (Lipinski definition) is 0. The molecule has 0 bridgehead atoms. The van der Waals surface area contributed by atoms with E-state index < -0.39 is 27.6 Å². The third kappa shape index (κ3) is 4.18. The molecule has 2 heterocycles. The van der Waals surface area contributed by atoms with Gasteiger partial charge in [-0.1, -0.05) is 6.07 Å². The first-order valence-corrected chi connectivity index (χ1v) is 10.5. The molecule has 0 amide bonds. The Balaban J connectivity index is 1.75. The van der Waals surface area contributed by atoms with E-state index in [1.165, 1.54) is 35.5 Å². The average Bonchev–Trinajstić information content (AvgIpc) is 3.19. The monoisotopic (exact) mass is 424 g/mol. The molecule has 1 aliphatic heterocycles. The number of rotatable bonds is 6. The number of furan rings is 1. The summed E-state index contributed by atoms with van der Waals surface area (Å²) in [6, 6.07) is 6.85. The number of hydrogen-bond acceptors (Lipinski definition) is 7. The second-order valence-electron chi connectivity index (χ2n) is 6.42. The van der Waals surface area contributed by atoms with Crippen molar-refractivity contribution < 1.29 is 31.6 Å². The number of nitrogens with zero attached hydrogens (tertiary/aromatic N) is 2. The van der Waals surface area contributed by atoms with Crippen LogP contribution in [0, 0.1) is 5.82 Å². The summed E-state index contributed by atoms with van der Waals surface area (Å²) in [5.74, 6) is -1.92. The number of sulfonamides is 1. The van der Waals surface area contributed by atoms with Crippen LogP contribution in [0.1, 0.15) is 34.8 Å². The molecule has 2 aromatic rings. The van der Waals surface area contributed by atoms with Gasteiger partial charge in [-0.25, -0.2) is 17.6 Å². The Morgan fingerprint density at radius 2 is 1.83 bits per heavy atom. The van der Waals surface area contributed by atoms with Crippen LogP contribution in [0.4, 0.5) is 10.1 Å². The highest BCUT2D eigenvalue weighted by Gasteiger charge is 2.32. The lowest BCUT2D eigenvalue weighted by atomic mass is 10.1. The van der Waals surface area contributed by atoms with E-state index >= 15 is 0 Å². The molecule has 1 aromatic carbocycles. The molecule has 0 radical (unpaired) electrons. The number of esters is 1. The molecule has 3 rings (SSSR count). The molecule has 10 heteroatoms. The lowest BCUT2D eigenvalue weighted by Gasteiger charge is -2.35. The molecule has 1 aromatic heterocycles. The molecule has 0 unspecified atom stereocenters. The highest BCUT2D eigenvalue weighted by atomic mass is 32.2. The van der Waals surface area contributed by atoms with Gasteiger partial charge >= 0.3 is 5.97 Å². The minimum Gasteiger partial charge on any atom is -0.460 e. The van der Waals surface area contributed by atoms with Gasteiger partial charge < -0.3 is 14.1 Å². The number of piperazine rings is 1. The lowest BCUT2D eigenvalue weighted by Crippen LogP contribution is -2.49. The predicted octanol–water partition coefficient (Wildman–Crippen LogP) is 2.31. The van der Waals surface area contributed by atoms with Crippen LogP contribution in [0.3, 0.4) is 0 Å². The van der Waals surface area contributed by atoms with Crippen molar-refractivity contribution in [1.29, 1.82) is 0 Å². The molecule has 29 heavy (non-hydrogen) atoms. The molecule has 156 valence electrons. The van der Waals surface area contributed by atoms with E-state index in [9.17, 15) is 22.4 Å². The van der Waals surface area contributed by atoms with Crippen molar-refractivity contribution in [3.05, 3.63) is 47.5 Å². The number of halogens is 1. The minimum atomic E-state index is -3.94. The van der Waals surface area contributed by atoms with Gasteiger partial charge in [0.15, 0.2) is 5.78 Å². The summed E-state index contributed by atoms with van der Waals surface area (Å²) >= 11 is 0. The summed E-state index contributed by atoms with van der Waals surface area (Å²) in [7, 11) is -3.94. The highest BCUT2D eigenvalue weighted by molar-refractivity contribution is 7.89. The number of ether oxygens (including phenoxy) is 1. The smallest absolute Gasteiger partial charge is 0.374 e. The largest absolute Gasteiger partial charge is 0.460 e. The van der Waals surface area contributed by atoms with Crippen molar-refractivity contribution >= 4 is 27.5 Å². The van der Waals surface area contributed by atoms with Crippen molar-refractivity contribution in [3.63, 3.8) is 0 Å². The van der Waals surface area contributed by atoms with Crippen LogP contribution in [0.15, 0.2) is 39.8 Å². The first-order valence-electron chi connectivity index (χ1n) is 9.07. The number of carbonyl (C=O) groups excluding carboxylic acids is 2. The maximum absolute atomic E-state index is 14.1. The van der Waals surface area contributed by atoms with Crippen LogP contribution < -0.4 is 4.90 Å². The van der Waals surface area contributed by atoms with Crippen molar-refractivity contribution in [1.82, 2.24) is 4.31 Å². The summed E-state index contributed by atoms with van der Waals surface area (Å²) in [5, 5.41) is -0.343. The van der Waals surface area contributed by atoms with Gasteiger partial charge in [0.25, 0.3) is 10.0 Å². The molecule has 0 aliphatic carbocycles. The van der Waals surface area contributed by atoms with E-state index in [1.807, 2.05) is 0 Å². The van der Waals surface area contributed by atoms with Crippen molar-refractivity contribution in [2.24, 2.45) is 0 Å². The first-order chi connectivity index (χ1) is 13.8. The fraction of sp³-hybridized carbons (Fsp3) is 0.368. The Hall–Kier alpha value is -2.72. The quantitative estimate of drug-likeness (QED) is 0.518. The normalized spacial score (nSPS) is 15.3. The molecule has 0 spiro atoms. The van der Waals surface area contributed by atoms with Crippen molar-refractivity contribution in [2.75, 3.05) is 37.7 Å². The van der Waals surface area contributed by atoms with Gasteiger partial charge in [-0.05, 0) is 38.1 Å². The van der Waals surface area contributed by atoms with Crippen LogP contribution in [0.2, 0.25) is 0 Å². The SMILES string of the molecule is CCOC(=O)c1ccc(S(=O)(=O)N2CCN(c3cccc(F)c3C(C)=O)CC2)o1. The molecule has 1 saturated heterocycles. The zero-order valence-corrected chi connectivity index (χ0v) is 16.9. The van der Waals surface area contributed by atoms with Crippen molar-refractivity contribution in [3.8, 4) is 0 Å². The van der Waals surface area contributed by atoms with E-state index in [0.717, 1.165) is 0 Å². The second-order valence-corrected chi connectivity index (χ2v) is 8.29. The molecule has 1 aliphatic rings. The molecule has 0 atom stereocenters. The summed E-state index contributed by atoms with van der Waals surface area (Å²) < 4.78 is 50.9. The average molecular weight is 424 g/mol. The zero-order chi connectivity index (χ0) is 21.2. The summed E-state index contributed by atoms with van der Waals surface area (Å²) in [5.41, 5.74) is 0.436. The fourth-order valence-electron chi connectivity index (χ4n) is 3.19. The van der Waals surface area contributed by atoms with Crippen molar-refractivity contribution in [2.45, 2.75) is 18.9 Å². The number of anilines is 1. The molecular weight excluding hydrogens is 403 g/mol. The lowest BCUT2D eigenvalue weighted by molar-refractivity contribution is 0.0483. The Bertz CT molecular complexity index is 1030. The Kier molecular flexibility index (Phi) is 6.04. The number of carbonyl (C=O) groups is 2. The van der Waals surface area contributed by atoms with Crippen LogP contribution in [0.5, 0.6) is 0 Å². The van der Waals surface area contributed by atoms with Gasteiger partial charge in [-0.3, -0.25) is 4.79 Å². The Labute approximate surface area is 167 Å². The molecule has 1 fully saturated rings. The van der Waals surface area contributed by atoms with E-state index in [-0.39, 0.29) is 49.2 Å². The minimum absolute atomic E-state index is 0.00563. The Morgan fingerprint density at radius 3 is 2.45 bits per heavy atom. The Morgan fingerprint density at radius 1 is 1.14 bits per heavy atom. The van der Waals surface area contributed by atoms with E-state index in [2.05, 4.69) is 0 Å². The van der Waals surface area contributed by atoms with Gasteiger partial charge in [-0.2, -0.15) is 4.31 Å². The van der Waals surface area contributed by atoms with E-state index in [1.54, 1.807) is 17.9 Å². The maximum atomic E-state index is 14.1. The van der Waals surface area contributed by atoms with E-state index in [4.69, 9.17) is 9.15 Å². The second kappa shape index (κ2) is 8.34.